The minimum atomic E-state index is -0.0506. The van der Waals surface area contributed by atoms with Crippen molar-refractivity contribution in [1.29, 1.82) is 0 Å². The summed E-state index contributed by atoms with van der Waals surface area (Å²) in [6.45, 7) is 1.06. The maximum atomic E-state index is 10.1. The van der Waals surface area contributed by atoms with E-state index >= 15 is 0 Å². The average Bonchev–Trinajstić information content (AvgIpc) is 3.12. The van der Waals surface area contributed by atoms with Gasteiger partial charge in [0.1, 0.15) is 0 Å². The molecule has 1 aromatic heterocycles. The summed E-state index contributed by atoms with van der Waals surface area (Å²) in [5.74, 6) is 0.689. The van der Waals surface area contributed by atoms with Gasteiger partial charge in [-0.05, 0) is 54.0 Å². The number of ether oxygens (including phenoxy) is 1. The number of hydrogen-bond donors (Lipinski definition) is 1. The fourth-order valence-electron chi connectivity index (χ4n) is 3.71. The van der Waals surface area contributed by atoms with Gasteiger partial charge in [0.2, 0.25) is 0 Å². The zero-order valence-electron chi connectivity index (χ0n) is 11.5. The van der Waals surface area contributed by atoms with Crippen LogP contribution >= 0.6 is 11.3 Å². The molecule has 2 aliphatic rings. The maximum absolute atomic E-state index is 10.1. The van der Waals surface area contributed by atoms with E-state index in [2.05, 4.69) is 29.6 Å². The van der Waals surface area contributed by atoms with E-state index in [1.165, 1.54) is 28.5 Å². The summed E-state index contributed by atoms with van der Waals surface area (Å²) >= 11 is 1.81. The van der Waals surface area contributed by atoms with Crippen LogP contribution in [0.15, 0.2) is 29.6 Å². The predicted molar refractivity (Wildman–Crippen MR) is 82.1 cm³/mol. The molecular formula is C17H20O2S. The lowest BCUT2D eigenvalue weighted by Gasteiger charge is -2.32. The van der Waals surface area contributed by atoms with Crippen LogP contribution in [-0.2, 0) is 11.2 Å². The molecule has 0 spiro atoms. The van der Waals surface area contributed by atoms with Gasteiger partial charge in [0.15, 0.2) is 0 Å². The van der Waals surface area contributed by atoms with Crippen LogP contribution in [0.2, 0.25) is 0 Å². The van der Waals surface area contributed by atoms with Crippen LogP contribution in [-0.4, -0.2) is 24.4 Å². The maximum Gasteiger partial charge on any atom is 0.0685 e. The van der Waals surface area contributed by atoms with Crippen molar-refractivity contribution < 1.29 is 9.84 Å². The molecule has 2 heterocycles. The second-order valence-corrected chi connectivity index (χ2v) is 7.24. The third-order valence-corrected chi connectivity index (χ3v) is 5.98. The lowest BCUT2D eigenvalue weighted by molar-refractivity contribution is 0.000789. The molecular weight excluding hydrogens is 268 g/mol. The third kappa shape index (κ3) is 2.00. The first kappa shape index (κ1) is 12.8. The van der Waals surface area contributed by atoms with Crippen molar-refractivity contribution in [3.63, 3.8) is 0 Å². The van der Waals surface area contributed by atoms with E-state index in [1.54, 1.807) is 0 Å². The molecule has 2 fully saturated rings. The molecule has 0 bridgehead atoms. The number of aliphatic hydroxyl groups is 1. The molecule has 1 saturated carbocycles. The molecule has 2 unspecified atom stereocenters. The fourth-order valence-corrected chi connectivity index (χ4v) is 4.67. The Morgan fingerprint density at radius 2 is 2.15 bits per heavy atom. The Balaban J connectivity index is 1.68. The molecule has 2 nitrogen and oxygen atoms in total. The number of hydrogen-bond acceptors (Lipinski definition) is 3. The number of fused-ring (bicyclic) bond motifs is 1. The lowest BCUT2D eigenvalue weighted by Crippen LogP contribution is -2.38. The molecule has 2 atom stereocenters. The zero-order valence-corrected chi connectivity index (χ0v) is 12.4. The number of benzene rings is 1. The van der Waals surface area contributed by atoms with Gasteiger partial charge in [-0.2, -0.15) is 0 Å². The molecule has 1 aromatic carbocycles. The number of rotatable bonds is 4. The Bertz CT molecular complexity index is 616. The average molecular weight is 288 g/mol. The van der Waals surface area contributed by atoms with Crippen molar-refractivity contribution in [2.24, 2.45) is 11.3 Å². The van der Waals surface area contributed by atoms with Crippen molar-refractivity contribution in [1.82, 2.24) is 0 Å². The van der Waals surface area contributed by atoms with Crippen LogP contribution in [0, 0.1) is 11.3 Å². The Hall–Kier alpha value is -0.900. The quantitative estimate of drug-likeness (QED) is 0.931. The van der Waals surface area contributed by atoms with E-state index in [0.29, 0.717) is 5.92 Å². The van der Waals surface area contributed by atoms with Gasteiger partial charge in [-0.1, -0.05) is 18.2 Å². The summed E-state index contributed by atoms with van der Waals surface area (Å²) < 4.78 is 7.33. The van der Waals surface area contributed by atoms with Crippen molar-refractivity contribution >= 4 is 21.4 Å². The highest BCUT2D eigenvalue weighted by molar-refractivity contribution is 7.17. The molecule has 0 radical (unpaired) electrons. The van der Waals surface area contributed by atoms with E-state index in [4.69, 9.17) is 4.74 Å². The van der Waals surface area contributed by atoms with Crippen LogP contribution in [0.4, 0.5) is 0 Å². The molecule has 1 N–H and O–H groups in total. The van der Waals surface area contributed by atoms with Gasteiger partial charge in [0.25, 0.3) is 0 Å². The van der Waals surface area contributed by atoms with Crippen LogP contribution < -0.4 is 0 Å². The zero-order chi connectivity index (χ0) is 13.6. The second kappa shape index (κ2) is 4.83. The summed E-state index contributed by atoms with van der Waals surface area (Å²) in [6.07, 6.45) is 4.77. The molecule has 20 heavy (non-hydrogen) atoms. The van der Waals surface area contributed by atoms with Crippen LogP contribution in [0.25, 0.3) is 10.1 Å². The highest BCUT2D eigenvalue weighted by Gasteiger charge is 2.50. The molecule has 0 amide bonds. The van der Waals surface area contributed by atoms with Crippen molar-refractivity contribution in [3.05, 3.63) is 35.2 Å². The van der Waals surface area contributed by atoms with Gasteiger partial charge in [-0.15, -0.1) is 11.3 Å². The Morgan fingerprint density at radius 3 is 2.95 bits per heavy atom. The van der Waals surface area contributed by atoms with E-state index < -0.39 is 0 Å². The van der Waals surface area contributed by atoms with Gasteiger partial charge in [0.05, 0.1) is 12.7 Å². The smallest absolute Gasteiger partial charge is 0.0685 e. The van der Waals surface area contributed by atoms with Gasteiger partial charge in [-0.25, -0.2) is 0 Å². The molecule has 1 aliphatic heterocycles. The highest BCUT2D eigenvalue weighted by atomic mass is 32.1. The molecule has 1 saturated heterocycles. The van der Waals surface area contributed by atoms with E-state index in [9.17, 15) is 5.11 Å². The third-order valence-electron chi connectivity index (χ3n) is 4.97. The molecule has 3 heteroatoms. The Kier molecular flexibility index (Phi) is 3.09. The van der Waals surface area contributed by atoms with Crippen LogP contribution in [0.1, 0.15) is 24.8 Å². The van der Waals surface area contributed by atoms with Gasteiger partial charge in [0, 0.05) is 16.7 Å². The summed E-state index contributed by atoms with van der Waals surface area (Å²) in [6, 6.07) is 8.58. The lowest BCUT2D eigenvalue weighted by atomic mass is 9.75. The standard InChI is InChI=1S/C17H20O2S/c18-11-17(7-8-19-16(17)12-5-6-12)9-13-10-20-15-4-2-1-3-14(13)15/h1-4,10,12,16,18H,5-9,11H2. The van der Waals surface area contributed by atoms with E-state index in [0.717, 1.165) is 19.4 Å². The molecule has 4 rings (SSSR count). The summed E-state index contributed by atoms with van der Waals surface area (Å²) in [5.41, 5.74) is 1.33. The van der Waals surface area contributed by atoms with Crippen LogP contribution in [0.5, 0.6) is 0 Å². The minimum absolute atomic E-state index is 0.0506. The molecule has 2 aromatic rings. The van der Waals surface area contributed by atoms with Crippen molar-refractivity contribution in [2.75, 3.05) is 13.2 Å². The summed E-state index contributed by atoms with van der Waals surface area (Å²) in [7, 11) is 0. The Labute approximate surface area is 123 Å². The highest BCUT2D eigenvalue weighted by Crippen LogP contribution is 2.49. The fraction of sp³-hybridized carbons (Fsp3) is 0.529. The SMILES string of the molecule is OCC1(Cc2csc3ccccc23)CCOC1C1CC1. The summed E-state index contributed by atoms with van der Waals surface area (Å²) in [4.78, 5) is 0. The van der Waals surface area contributed by atoms with Gasteiger partial charge in [-0.3, -0.25) is 0 Å². The largest absolute Gasteiger partial charge is 0.396 e. The van der Waals surface area contributed by atoms with Gasteiger partial charge < -0.3 is 9.84 Å². The normalized spacial score (nSPS) is 30.1. The van der Waals surface area contributed by atoms with E-state index in [-0.39, 0.29) is 18.1 Å². The van der Waals surface area contributed by atoms with Crippen LogP contribution in [0.3, 0.4) is 0 Å². The van der Waals surface area contributed by atoms with Crippen molar-refractivity contribution in [3.8, 4) is 0 Å². The topological polar surface area (TPSA) is 29.5 Å². The number of thiophene rings is 1. The monoisotopic (exact) mass is 288 g/mol. The Morgan fingerprint density at radius 1 is 1.30 bits per heavy atom. The van der Waals surface area contributed by atoms with E-state index in [1.807, 2.05) is 11.3 Å². The minimum Gasteiger partial charge on any atom is -0.396 e. The first-order valence-corrected chi connectivity index (χ1v) is 8.38. The van der Waals surface area contributed by atoms with Gasteiger partial charge >= 0.3 is 0 Å². The number of aliphatic hydroxyl groups excluding tert-OH is 1. The van der Waals surface area contributed by atoms with Crippen molar-refractivity contribution in [2.45, 2.75) is 31.8 Å². The molecule has 106 valence electrons. The predicted octanol–water partition coefficient (Wildman–Crippen LogP) is 3.62. The summed E-state index contributed by atoms with van der Waals surface area (Å²) in [5, 5.41) is 13.7. The molecule has 1 aliphatic carbocycles. The second-order valence-electron chi connectivity index (χ2n) is 6.33. The first-order valence-electron chi connectivity index (χ1n) is 7.50. The first-order chi connectivity index (χ1) is 9.82.